The van der Waals surface area contributed by atoms with Crippen LogP contribution in [-0.4, -0.2) is 61.1 Å². The lowest BCUT2D eigenvalue weighted by molar-refractivity contribution is -0.117. The summed E-state index contributed by atoms with van der Waals surface area (Å²) in [5.74, 6) is 0.381. The van der Waals surface area contributed by atoms with Crippen LogP contribution in [0.5, 0.6) is 11.5 Å². The highest BCUT2D eigenvalue weighted by Gasteiger charge is 2.27. The van der Waals surface area contributed by atoms with Gasteiger partial charge in [-0.3, -0.25) is 9.59 Å². The molecule has 2 aromatic heterocycles. The predicted molar refractivity (Wildman–Crippen MR) is 175 cm³/mol. The van der Waals surface area contributed by atoms with Gasteiger partial charge in [-0.05, 0) is 72.3 Å². The zero-order chi connectivity index (χ0) is 31.8. The SMILES string of the molecule is COc1ccc(N2CCCC(C)(C)C2)cc1C(=O)c1cccc(OC[C@@H](CN=[N+]=[N-])NC(=O)C=Cc2c[nH]c3ncccc23)c1. The third-order valence-electron chi connectivity index (χ3n) is 7.85. The zero-order valence-electron chi connectivity index (χ0n) is 25.7. The number of amides is 1. The highest BCUT2D eigenvalue weighted by Crippen LogP contribution is 2.34. The summed E-state index contributed by atoms with van der Waals surface area (Å²) in [7, 11) is 1.56. The number of anilines is 1. The number of methoxy groups -OCH3 is 1. The molecule has 1 aliphatic heterocycles. The van der Waals surface area contributed by atoms with Crippen LogP contribution in [0.25, 0.3) is 27.6 Å². The molecule has 2 aromatic carbocycles. The maximum atomic E-state index is 13.7. The molecule has 0 spiro atoms. The molecular weight excluding hydrogens is 570 g/mol. The largest absolute Gasteiger partial charge is 0.496 e. The fourth-order valence-corrected chi connectivity index (χ4v) is 5.60. The molecule has 0 bridgehead atoms. The number of aromatic nitrogens is 2. The smallest absolute Gasteiger partial charge is 0.244 e. The second-order valence-corrected chi connectivity index (χ2v) is 11.8. The van der Waals surface area contributed by atoms with Gasteiger partial charge in [-0.2, -0.15) is 0 Å². The van der Waals surface area contributed by atoms with Crippen LogP contribution in [0.2, 0.25) is 0 Å². The number of fused-ring (bicyclic) bond motifs is 1. The number of azide groups is 1. The van der Waals surface area contributed by atoms with E-state index in [0.29, 0.717) is 22.6 Å². The molecule has 232 valence electrons. The first-order valence-electron chi connectivity index (χ1n) is 14.9. The highest BCUT2D eigenvalue weighted by atomic mass is 16.5. The molecule has 0 unspecified atom stereocenters. The second kappa shape index (κ2) is 14.0. The van der Waals surface area contributed by atoms with E-state index in [9.17, 15) is 9.59 Å². The first-order chi connectivity index (χ1) is 21.8. The number of nitrogens with one attached hydrogen (secondary N) is 2. The van der Waals surface area contributed by atoms with E-state index in [1.54, 1.807) is 49.8 Å². The van der Waals surface area contributed by atoms with E-state index in [2.05, 4.69) is 44.1 Å². The van der Waals surface area contributed by atoms with Gasteiger partial charge in [0.2, 0.25) is 5.91 Å². The van der Waals surface area contributed by atoms with E-state index in [1.165, 1.54) is 12.5 Å². The summed E-state index contributed by atoms with van der Waals surface area (Å²) in [6, 6.07) is 15.8. The molecule has 3 heterocycles. The molecule has 0 saturated carbocycles. The van der Waals surface area contributed by atoms with Gasteiger partial charge in [-0.1, -0.05) is 31.1 Å². The third-order valence-corrected chi connectivity index (χ3v) is 7.85. The lowest BCUT2D eigenvalue weighted by Gasteiger charge is -2.39. The minimum Gasteiger partial charge on any atom is -0.496 e. The Balaban J connectivity index is 1.27. The van der Waals surface area contributed by atoms with E-state index in [4.69, 9.17) is 15.0 Å². The Morgan fingerprint density at radius 3 is 2.89 bits per heavy atom. The van der Waals surface area contributed by atoms with Gasteiger partial charge in [0, 0.05) is 65.2 Å². The number of nitrogens with zero attached hydrogens (tertiary/aromatic N) is 5. The molecule has 1 fully saturated rings. The number of rotatable bonds is 12. The molecule has 1 aliphatic rings. The van der Waals surface area contributed by atoms with Crippen molar-refractivity contribution in [3.63, 3.8) is 0 Å². The van der Waals surface area contributed by atoms with Gasteiger partial charge >= 0.3 is 0 Å². The Morgan fingerprint density at radius 2 is 2.09 bits per heavy atom. The highest BCUT2D eigenvalue weighted by molar-refractivity contribution is 6.11. The maximum absolute atomic E-state index is 13.7. The molecule has 1 amide bonds. The van der Waals surface area contributed by atoms with Crippen LogP contribution >= 0.6 is 0 Å². The topological polar surface area (TPSA) is 145 Å². The van der Waals surface area contributed by atoms with Gasteiger partial charge in [-0.15, -0.1) is 0 Å². The van der Waals surface area contributed by atoms with Crippen LogP contribution < -0.4 is 19.7 Å². The van der Waals surface area contributed by atoms with E-state index in [-0.39, 0.29) is 30.3 Å². The Bertz CT molecular complexity index is 1760. The summed E-state index contributed by atoms with van der Waals surface area (Å²) in [6.45, 7) is 6.40. The normalized spacial score (nSPS) is 15.0. The van der Waals surface area contributed by atoms with Gasteiger partial charge in [0.15, 0.2) is 5.78 Å². The lowest BCUT2D eigenvalue weighted by atomic mass is 9.84. The van der Waals surface area contributed by atoms with Gasteiger partial charge in [0.25, 0.3) is 0 Å². The summed E-state index contributed by atoms with van der Waals surface area (Å²) >= 11 is 0. The standard InChI is InChI=1S/C34H37N7O4/c1-34(2)14-6-16-41(22-34)26-11-12-30(44-3)29(18-26)32(43)23-7-4-8-27(17-23)45-21-25(20-38-40-35)39-31(42)13-10-24-19-37-33-28(24)9-5-15-36-33/h4-5,7-13,15,17-19,25H,6,14,16,20-22H2,1-3H3,(H,36,37)(H,39,42)/t25-/m1/s1. The van der Waals surface area contributed by atoms with Crippen molar-refractivity contribution < 1.29 is 19.1 Å². The van der Waals surface area contributed by atoms with E-state index < -0.39 is 6.04 Å². The number of piperidine rings is 1. The molecule has 4 aromatic rings. The fourth-order valence-electron chi connectivity index (χ4n) is 5.60. The Kier molecular flexibility index (Phi) is 9.70. The van der Waals surface area contributed by atoms with E-state index in [0.717, 1.165) is 41.8 Å². The summed E-state index contributed by atoms with van der Waals surface area (Å²) < 4.78 is 11.5. The van der Waals surface area contributed by atoms with Gasteiger partial charge in [0.1, 0.15) is 23.8 Å². The Hall–Kier alpha value is -5.28. The number of hydrogen-bond donors (Lipinski definition) is 2. The number of ether oxygens (including phenoxy) is 2. The molecule has 5 rings (SSSR count). The molecule has 1 atom stereocenters. The van der Waals surface area contributed by atoms with Crippen LogP contribution in [0.1, 0.15) is 48.2 Å². The van der Waals surface area contributed by atoms with Crippen molar-refractivity contribution in [1.82, 2.24) is 15.3 Å². The summed E-state index contributed by atoms with van der Waals surface area (Å²) in [4.78, 5) is 38.9. The van der Waals surface area contributed by atoms with Gasteiger partial charge in [0.05, 0.1) is 18.7 Å². The van der Waals surface area contributed by atoms with Crippen molar-refractivity contribution >= 4 is 34.5 Å². The van der Waals surface area contributed by atoms with Crippen molar-refractivity contribution in [3.05, 3.63) is 100 Å². The van der Waals surface area contributed by atoms with E-state index >= 15 is 0 Å². The van der Waals surface area contributed by atoms with Crippen LogP contribution in [0.15, 0.2) is 78.2 Å². The van der Waals surface area contributed by atoms with Gasteiger partial charge < -0.3 is 24.7 Å². The molecule has 11 nitrogen and oxygen atoms in total. The number of carbonyl (C=O) groups is 2. The minimum atomic E-state index is -0.604. The Morgan fingerprint density at radius 1 is 1.22 bits per heavy atom. The predicted octanol–water partition coefficient (Wildman–Crippen LogP) is 6.32. The molecule has 0 radical (unpaired) electrons. The third kappa shape index (κ3) is 7.82. The Labute approximate surface area is 261 Å². The average molecular weight is 608 g/mol. The lowest BCUT2D eigenvalue weighted by Crippen LogP contribution is -2.40. The van der Waals surface area contributed by atoms with Crippen molar-refractivity contribution in [2.24, 2.45) is 10.5 Å². The number of ketones is 1. The maximum Gasteiger partial charge on any atom is 0.244 e. The molecule has 11 heteroatoms. The molecule has 1 saturated heterocycles. The van der Waals surface area contributed by atoms with Crippen LogP contribution in [-0.2, 0) is 4.79 Å². The van der Waals surface area contributed by atoms with E-state index in [1.807, 2.05) is 30.3 Å². The van der Waals surface area contributed by atoms with Crippen LogP contribution in [0.3, 0.4) is 0 Å². The average Bonchev–Trinajstić information content (AvgIpc) is 3.47. The van der Waals surface area contributed by atoms with Crippen LogP contribution in [0, 0.1) is 5.41 Å². The number of pyridine rings is 1. The van der Waals surface area contributed by atoms with Gasteiger partial charge in [-0.25, -0.2) is 4.98 Å². The second-order valence-electron chi connectivity index (χ2n) is 11.8. The minimum absolute atomic E-state index is 0.0109. The fraction of sp³-hybridized carbons (Fsp3) is 0.324. The first-order valence-corrected chi connectivity index (χ1v) is 14.9. The molecule has 0 aliphatic carbocycles. The van der Waals surface area contributed by atoms with Crippen LogP contribution in [0.4, 0.5) is 5.69 Å². The van der Waals surface area contributed by atoms with Crippen molar-refractivity contribution in [1.29, 1.82) is 0 Å². The number of hydrogen-bond acceptors (Lipinski definition) is 7. The van der Waals surface area contributed by atoms with Crippen molar-refractivity contribution in [2.75, 3.05) is 38.3 Å². The summed E-state index contributed by atoms with van der Waals surface area (Å²) in [5.41, 5.74) is 12.5. The summed E-state index contributed by atoms with van der Waals surface area (Å²) in [5, 5.41) is 7.34. The number of H-pyrrole nitrogens is 1. The number of carbonyl (C=O) groups excluding carboxylic acids is 2. The quantitative estimate of drug-likeness (QED) is 0.0634. The monoisotopic (exact) mass is 607 g/mol. The molecule has 45 heavy (non-hydrogen) atoms. The number of benzene rings is 2. The molecular formula is C34H37N7O4. The first kappa shape index (κ1) is 31.2. The zero-order valence-corrected chi connectivity index (χ0v) is 25.7. The number of aromatic amines is 1. The van der Waals surface area contributed by atoms with Crippen molar-refractivity contribution in [2.45, 2.75) is 32.7 Å². The molecule has 2 N–H and O–H groups in total. The van der Waals surface area contributed by atoms with Crippen molar-refractivity contribution in [3.8, 4) is 11.5 Å². The summed E-state index contributed by atoms with van der Waals surface area (Å²) in [6.07, 6.45) is 8.83.